The van der Waals surface area contributed by atoms with Crippen LogP contribution in [-0.4, -0.2) is 40.2 Å². The van der Waals surface area contributed by atoms with E-state index in [1.54, 1.807) is 12.0 Å². The van der Waals surface area contributed by atoms with Crippen LogP contribution in [0.4, 0.5) is 0 Å². The second kappa shape index (κ2) is 7.09. The number of nitrogens with one attached hydrogen (secondary N) is 1. The van der Waals surface area contributed by atoms with E-state index in [0.29, 0.717) is 25.9 Å². The molecule has 0 aliphatic carbocycles. The lowest BCUT2D eigenvalue weighted by Gasteiger charge is -2.25. The number of hydrogen-bond donors (Lipinski definition) is 1. The van der Waals surface area contributed by atoms with Crippen LogP contribution in [0, 0.1) is 5.92 Å². The summed E-state index contributed by atoms with van der Waals surface area (Å²) in [4.78, 5) is 33.9. The largest absolute Gasteiger partial charge is 0.497 e. The molecule has 0 unspecified atom stereocenters. The van der Waals surface area contributed by atoms with Crippen LogP contribution < -0.4 is 4.74 Å². The summed E-state index contributed by atoms with van der Waals surface area (Å²) >= 11 is 0. The van der Waals surface area contributed by atoms with E-state index in [1.165, 1.54) is 0 Å². The minimum atomic E-state index is -0.392. The molecule has 6 heteroatoms. The molecule has 0 radical (unpaired) electrons. The Hall–Kier alpha value is -2.63. The number of aromatic amines is 1. The standard InChI is InChI=1S/C19H23N3O3/c1-12(2)9-17(23)19(24)22-8-7-15-16(11-22)21-18(20-15)13-5-4-6-14(10-13)25-3/h4-6,10,12H,7-9,11H2,1-3H3,(H,20,21). The number of nitrogens with zero attached hydrogens (tertiary/aromatic N) is 2. The smallest absolute Gasteiger partial charge is 0.290 e. The van der Waals surface area contributed by atoms with Crippen LogP contribution in [-0.2, 0) is 22.6 Å². The maximum absolute atomic E-state index is 12.3. The Balaban J connectivity index is 1.77. The lowest BCUT2D eigenvalue weighted by Crippen LogP contribution is -2.40. The van der Waals surface area contributed by atoms with E-state index >= 15 is 0 Å². The topological polar surface area (TPSA) is 75.3 Å². The van der Waals surface area contributed by atoms with Gasteiger partial charge in [-0.15, -0.1) is 0 Å². The molecule has 1 aromatic heterocycles. The molecule has 0 fully saturated rings. The maximum atomic E-state index is 12.3. The van der Waals surface area contributed by atoms with Gasteiger partial charge in [-0.1, -0.05) is 26.0 Å². The van der Waals surface area contributed by atoms with E-state index in [2.05, 4.69) is 9.97 Å². The minimum absolute atomic E-state index is 0.184. The first-order chi connectivity index (χ1) is 12.0. The van der Waals surface area contributed by atoms with Crippen LogP contribution >= 0.6 is 0 Å². The number of carbonyl (C=O) groups is 2. The zero-order valence-corrected chi connectivity index (χ0v) is 14.8. The molecule has 25 heavy (non-hydrogen) atoms. The molecule has 3 rings (SSSR count). The lowest BCUT2D eigenvalue weighted by molar-refractivity contribution is -0.145. The summed E-state index contributed by atoms with van der Waals surface area (Å²) in [6.07, 6.45) is 0.941. The molecule has 1 amide bonds. The molecule has 0 atom stereocenters. The van der Waals surface area contributed by atoms with Gasteiger partial charge >= 0.3 is 0 Å². The molecule has 0 spiro atoms. The number of rotatable bonds is 5. The van der Waals surface area contributed by atoms with Crippen LogP contribution in [0.25, 0.3) is 11.4 Å². The second-order valence-electron chi connectivity index (χ2n) is 6.74. The van der Waals surface area contributed by atoms with Gasteiger partial charge in [-0.3, -0.25) is 9.59 Å². The normalized spacial score (nSPS) is 13.7. The van der Waals surface area contributed by atoms with Gasteiger partial charge in [0, 0.05) is 24.9 Å². The van der Waals surface area contributed by atoms with Crippen molar-refractivity contribution < 1.29 is 14.3 Å². The fourth-order valence-electron chi connectivity index (χ4n) is 3.01. The van der Waals surface area contributed by atoms with Crippen molar-refractivity contribution in [3.05, 3.63) is 35.7 Å². The van der Waals surface area contributed by atoms with Gasteiger partial charge in [-0.2, -0.15) is 0 Å². The fourth-order valence-corrected chi connectivity index (χ4v) is 3.01. The Labute approximate surface area is 147 Å². The number of imidazole rings is 1. The first-order valence-corrected chi connectivity index (χ1v) is 8.52. The molecule has 2 heterocycles. The molecule has 0 saturated carbocycles. The van der Waals surface area contributed by atoms with Crippen molar-refractivity contribution in [3.63, 3.8) is 0 Å². The van der Waals surface area contributed by atoms with Crippen molar-refractivity contribution in [2.24, 2.45) is 5.92 Å². The third kappa shape index (κ3) is 3.73. The molecule has 0 bridgehead atoms. The zero-order valence-electron chi connectivity index (χ0n) is 14.8. The van der Waals surface area contributed by atoms with E-state index < -0.39 is 5.91 Å². The number of fused-ring (bicyclic) bond motifs is 1. The maximum Gasteiger partial charge on any atom is 0.290 e. The average Bonchev–Trinajstić information content (AvgIpc) is 3.03. The summed E-state index contributed by atoms with van der Waals surface area (Å²) in [5, 5.41) is 0. The SMILES string of the molecule is COc1cccc(-c2nc3c([nH]2)CN(C(=O)C(=O)CC(C)C)CC3)c1. The van der Waals surface area contributed by atoms with E-state index in [0.717, 1.165) is 28.5 Å². The number of hydrogen-bond acceptors (Lipinski definition) is 4. The summed E-state index contributed by atoms with van der Waals surface area (Å²) in [5.74, 6) is 1.00. The van der Waals surface area contributed by atoms with Gasteiger partial charge in [0.2, 0.25) is 5.78 Å². The molecule has 2 aromatic rings. The van der Waals surface area contributed by atoms with Crippen molar-refractivity contribution in [2.45, 2.75) is 33.2 Å². The Bertz CT molecular complexity index is 795. The predicted octanol–water partition coefficient (Wildman–Crippen LogP) is 2.59. The highest BCUT2D eigenvalue weighted by molar-refractivity contribution is 6.36. The summed E-state index contributed by atoms with van der Waals surface area (Å²) in [5.41, 5.74) is 2.79. The van der Waals surface area contributed by atoms with E-state index in [-0.39, 0.29) is 11.7 Å². The molecule has 1 N–H and O–H groups in total. The zero-order chi connectivity index (χ0) is 18.0. The monoisotopic (exact) mass is 341 g/mol. The number of aromatic nitrogens is 2. The average molecular weight is 341 g/mol. The summed E-state index contributed by atoms with van der Waals surface area (Å²) in [6, 6.07) is 7.67. The summed E-state index contributed by atoms with van der Waals surface area (Å²) < 4.78 is 5.25. The number of H-pyrrole nitrogens is 1. The minimum Gasteiger partial charge on any atom is -0.497 e. The highest BCUT2D eigenvalue weighted by Gasteiger charge is 2.28. The third-order valence-electron chi connectivity index (χ3n) is 4.29. The van der Waals surface area contributed by atoms with E-state index in [9.17, 15) is 9.59 Å². The highest BCUT2D eigenvalue weighted by atomic mass is 16.5. The van der Waals surface area contributed by atoms with Crippen LogP contribution in [0.5, 0.6) is 5.75 Å². The number of benzene rings is 1. The van der Waals surface area contributed by atoms with Crippen molar-refractivity contribution in [1.82, 2.24) is 14.9 Å². The van der Waals surface area contributed by atoms with Crippen LogP contribution in [0.3, 0.4) is 0 Å². The number of ether oxygens (including phenoxy) is 1. The van der Waals surface area contributed by atoms with Crippen molar-refractivity contribution in [2.75, 3.05) is 13.7 Å². The van der Waals surface area contributed by atoms with Gasteiger partial charge in [0.15, 0.2) is 0 Å². The number of ketones is 1. The van der Waals surface area contributed by atoms with Gasteiger partial charge in [0.05, 0.1) is 25.0 Å². The first-order valence-electron chi connectivity index (χ1n) is 8.52. The van der Waals surface area contributed by atoms with Gasteiger partial charge in [0.25, 0.3) is 5.91 Å². The molecule has 132 valence electrons. The Morgan fingerprint density at radius 2 is 2.16 bits per heavy atom. The first kappa shape index (κ1) is 17.2. The van der Waals surface area contributed by atoms with Crippen LogP contribution in [0.15, 0.2) is 24.3 Å². The molecule has 1 aromatic carbocycles. The molecular weight excluding hydrogens is 318 g/mol. The quantitative estimate of drug-likeness (QED) is 0.848. The second-order valence-corrected chi connectivity index (χ2v) is 6.74. The molecule has 1 aliphatic heterocycles. The third-order valence-corrected chi connectivity index (χ3v) is 4.29. The number of Topliss-reactive ketones (excluding diaryl/α,β-unsaturated/α-hetero) is 1. The van der Waals surface area contributed by atoms with Gasteiger partial charge in [0.1, 0.15) is 11.6 Å². The van der Waals surface area contributed by atoms with E-state index in [1.807, 2.05) is 38.1 Å². The Kier molecular flexibility index (Phi) is 4.88. The van der Waals surface area contributed by atoms with Crippen molar-refractivity contribution in [1.29, 1.82) is 0 Å². The number of methoxy groups -OCH3 is 1. The number of amides is 1. The van der Waals surface area contributed by atoms with Gasteiger partial charge < -0.3 is 14.6 Å². The predicted molar refractivity (Wildman–Crippen MR) is 94.2 cm³/mol. The van der Waals surface area contributed by atoms with Crippen LogP contribution in [0.2, 0.25) is 0 Å². The van der Waals surface area contributed by atoms with Gasteiger partial charge in [-0.05, 0) is 18.1 Å². The molecule has 0 saturated heterocycles. The van der Waals surface area contributed by atoms with Crippen molar-refractivity contribution in [3.8, 4) is 17.1 Å². The summed E-state index contributed by atoms with van der Waals surface area (Å²) in [7, 11) is 1.63. The Morgan fingerprint density at radius 1 is 1.36 bits per heavy atom. The number of carbonyl (C=O) groups excluding carboxylic acids is 2. The molecule has 6 nitrogen and oxygen atoms in total. The molecule has 1 aliphatic rings. The highest BCUT2D eigenvalue weighted by Crippen LogP contribution is 2.25. The van der Waals surface area contributed by atoms with Gasteiger partial charge in [-0.25, -0.2) is 4.98 Å². The fraction of sp³-hybridized carbons (Fsp3) is 0.421. The Morgan fingerprint density at radius 3 is 2.88 bits per heavy atom. The molecular formula is C19H23N3O3. The van der Waals surface area contributed by atoms with Crippen molar-refractivity contribution >= 4 is 11.7 Å². The van der Waals surface area contributed by atoms with E-state index in [4.69, 9.17) is 4.74 Å². The van der Waals surface area contributed by atoms with Crippen LogP contribution in [0.1, 0.15) is 31.7 Å². The summed E-state index contributed by atoms with van der Waals surface area (Å²) in [6.45, 7) is 4.80. The lowest BCUT2D eigenvalue weighted by atomic mass is 10.1.